The van der Waals surface area contributed by atoms with Crippen molar-refractivity contribution in [2.75, 3.05) is 0 Å². The SMILES string of the molecule is CC(=O)c1cnccc1C. The number of Topliss-reactive ketones (excluding diaryl/α,β-unsaturated/α-hetero) is 1. The van der Waals surface area contributed by atoms with Crippen LogP contribution in [0.5, 0.6) is 0 Å². The largest absolute Gasteiger partial charge is 0.294 e. The lowest BCUT2D eigenvalue weighted by molar-refractivity contribution is 0.101. The predicted octanol–water partition coefficient (Wildman–Crippen LogP) is 1.59. The fourth-order valence-electron chi connectivity index (χ4n) is 0.833. The summed E-state index contributed by atoms with van der Waals surface area (Å²) in [5, 5.41) is 0. The summed E-state index contributed by atoms with van der Waals surface area (Å²) in [6, 6.07) is 1.83. The Hall–Kier alpha value is -1.18. The molecule has 1 rings (SSSR count). The van der Waals surface area contributed by atoms with Crippen LogP contribution in [-0.2, 0) is 0 Å². The molecule has 0 fully saturated rings. The third kappa shape index (κ3) is 1.21. The number of pyridine rings is 1. The number of ketones is 1. The molecule has 1 aromatic heterocycles. The lowest BCUT2D eigenvalue weighted by Gasteiger charge is -1.96. The Morgan fingerprint density at radius 3 is 2.70 bits per heavy atom. The molecule has 52 valence electrons. The van der Waals surface area contributed by atoms with Crippen LogP contribution in [-0.4, -0.2) is 10.8 Å². The van der Waals surface area contributed by atoms with Crippen molar-refractivity contribution >= 4 is 5.78 Å². The number of carbonyl (C=O) groups is 1. The van der Waals surface area contributed by atoms with Gasteiger partial charge in [-0.25, -0.2) is 0 Å². The second-order valence-electron chi connectivity index (χ2n) is 2.25. The fourth-order valence-corrected chi connectivity index (χ4v) is 0.833. The van der Waals surface area contributed by atoms with E-state index < -0.39 is 0 Å². The molecule has 1 heterocycles. The molecule has 2 nitrogen and oxygen atoms in total. The van der Waals surface area contributed by atoms with E-state index in [0.717, 1.165) is 5.56 Å². The van der Waals surface area contributed by atoms with Gasteiger partial charge < -0.3 is 0 Å². The van der Waals surface area contributed by atoms with Gasteiger partial charge in [0.15, 0.2) is 5.78 Å². The smallest absolute Gasteiger partial charge is 0.161 e. The predicted molar refractivity (Wildman–Crippen MR) is 39.0 cm³/mol. The molecule has 0 saturated carbocycles. The zero-order valence-corrected chi connectivity index (χ0v) is 6.09. The van der Waals surface area contributed by atoms with Gasteiger partial charge in [0.2, 0.25) is 0 Å². The Labute approximate surface area is 59.9 Å². The monoisotopic (exact) mass is 135 g/mol. The summed E-state index contributed by atoms with van der Waals surface area (Å²) < 4.78 is 0. The molecular formula is C8H9NO. The van der Waals surface area contributed by atoms with E-state index in [2.05, 4.69) is 4.98 Å². The fraction of sp³-hybridized carbons (Fsp3) is 0.250. The van der Waals surface area contributed by atoms with Crippen LogP contribution >= 0.6 is 0 Å². The topological polar surface area (TPSA) is 30.0 Å². The summed E-state index contributed by atoms with van der Waals surface area (Å²) in [6.45, 7) is 3.45. The Balaban J connectivity index is 3.15. The van der Waals surface area contributed by atoms with E-state index in [4.69, 9.17) is 0 Å². The molecule has 0 amide bonds. The first kappa shape index (κ1) is 6.93. The molecule has 0 aliphatic heterocycles. The van der Waals surface area contributed by atoms with Gasteiger partial charge in [-0.3, -0.25) is 9.78 Å². The molecular weight excluding hydrogens is 126 g/mol. The Kier molecular flexibility index (Phi) is 1.81. The molecule has 0 radical (unpaired) electrons. The number of hydrogen-bond acceptors (Lipinski definition) is 2. The minimum absolute atomic E-state index is 0.0746. The van der Waals surface area contributed by atoms with Gasteiger partial charge in [-0.2, -0.15) is 0 Å². The molecule has 10 heavy (non-hydrogen) atoms. The van der Waals surface area contributed by atoms with Crippen LogP contribution in [0.15, 0.2) is 18.5 Å². The lowest BCUT2D eigenvalue weighted by atomic mass is 10.1. The van der Waals surface area contributed by atoms with Gasteiger partial charge in [0.25, 0.3) is 0 Å². The minimum atomic E-state index is 0.0746. The van der Waals surface area contributed by atoms with Crippen LogP contribution in [0.1, 0.15) is 22.8 Å². The highest BCUT2D eigenvalue weighted by Crippen LogP contribution is 2.04. The van der Waals surface area contributed by atoms with E-state index >= 15 is 0 Å². The molecule has 0 aliphatic carbocycles. The van der Waals surface area contributed by atoms with Gasteiger partial charge in [0, 0.05) is 18.0 Å². The zero-order chi connectivity index (χ0) is 7.56. The molecule has 0 aliphatic rings. The number of nitrogens with zero attached hydrogens (tertiary/aromatic N) is 1. The van der Waals surface area contributed by atoms with Crippen LogP contribution < -0.4 is 0 Å². The maximum absolute atomic E-state index is 10.8. The lowest BCUT2D eigenvalue weighted by Crippen LogP contribution is -1.95. The first-order valence-corrected chi connectivity index (χ1v) is 3.13. The summed E-state index contributed by atoms with van der Waals surface area (Å²) in [5.74, 6) is 0.0746. The van der Waals surface area contributed by atoms with Gasteiger partial charge in [-0.15, -0.1) is 0 Å². The minimum Gasteiger partial charge on any atom is -0.294 e. The number of aromatic nitrogens is 1. The van der Waals surface area contributed by atoms with E-state index in [9.17, 15) is 4.79 Å². The van der Waals surface area contributed by atoms with Crippen LogP contribution in [0.3, 0.4) is 0 Å². The standard InChI is InChI=1S/C8H9NO/c1-6-3-4-9-5-8(6)7(2)10/h3-5H,1-2H3. The van der Waals surface area contributed by atoms with Gasteiger partial charge in [0.1, 0.15) is 0 Å². The van der Waals surface area contributed by atoms with Crippen LogP contribution in [0.2, 0.25) is 0 Å². The maximum Gasteiger partial charge on any atom is 0.161 e. The first-order chi connectivity index (χ1) is 4.72. The first-order valence-electron chi connectivity index (χ1n) is 3.13. The summed E-state index contributed by atoms with van der Waals surface area (Å²) >= 11 is 0. The van der Waals surface area contributed by atoms with E-state index in [1.807, 2.05) is 13.0 Å². The number of aryl methyl sites for hydroxylation is 1. The van der Waals surface area contributed by atoms with Crippen molar-refractivity contribution in [3.05, 3.63) is 29.6 Å². The summed E-state index contributed by atoms with van der Waals surface area (Å²) in [6.07, 6.45) is 3.28. The van der Waals surface area contributed by atoms with Crippen LogP contribution in [0.25, 0.3) is 0 Å². The Morgan fingerprint density at radius 1 is 1.60 bits per heavy atom. The maximum atomic E-state index is 10.8. The van der Waals surface area contributed by atoms with Gasteiger partial charge in [0.05, 0.1) is 0 Å². The van der Waals surface area contributed by atoms with Gasteiger partial charge >= 0.3 is 0 Å². The quantitative estimate of drug-likeness (QED) is 0.547. The van der Waals surface area contributed by atoms with Gasteiger partial charge in [-0.05, 0) is 25.5 Å². The normalized spacial score (nSPS) is 9.40. The van der Waals surface area contributed by atoms with E-state index in [0.29, 0.717) is 5.56 Å². The Bertz CT molecular complexity index is 255. The van der Waals surface area contributed by atoms with E-state index in [1.165, 1.54) is 0 Å². The van der Waals surface area contributed by atoms with Crippen LogP contribution in [0.4, 0.5) is 0 Å². The summed E-state index contributed by atoms with van der Waals surface area (Å²) in [5.41, 5.74) is 1.70. The highest BCUT2D eigenvalue weighted by Gasteiger charge is 2.00. The number of hydrogen-bond donors (Lipinski definition) is 0. The molecule has 2 heteroatoms. The highest BCUT2D eigenvalue weighted by atomic mass is 16.1. The average Bonchev–Trinajstić information content (AvgIpc) is 1.88. The summed E-state index contributed by atoms with van der Waals surface area (Å²) in [7, 11) is 0. The van der Waals surface area contributed by atoms with E-state index in [1.54, 1.807) is 19.3 Å². The molecule has 0 bridgehead atoms. The van der Waals surface area contributed by atoms with Crippen molar-refractivity contribution < 1.29 is 4.79 Å². The van der Waals surface area contributed by atoms with Crippen molar-refractivity contribution in [2.24, 2.45) is 0 Å². The highest BCUT2D eigenvalue weighted by molar-refractivity contribution is 5.95. The van der Waals surface area contributed by atoms with Crippen molar-refractivity contribution in [3.8, 4) is 0 Å². The molecule has 0 unspecified atom stereocenters. The van der Waals surface area contributed by atoms with Crippen molar-refractivity contribution in [2.45, 2.75) is 13.8 Å². The third-order valence-electron chi connectivity index (χ3n) is 1.42. The average molecular weight is 135 g/mol. The number of carbonyl (C=O) groups excluding carboxylic acids is 1. The van der Waals surface area contributed by atoms with E-state index in [-0.39, 0.29) is 5.78 Å². The molecule has 0 spiro atoms. The summed E-state index contributed by atoms with van der Waals surface area (Å²) in [4.78, 5) is 14.7. The zero-order valence-electron chi connectivity index (χ0n) is 6.09. The van der Waals surface area contributed by atoms with Crippen molar-refractivity contribution in [3.63, 3.8) is 0 Å². The van der Waals surface area contributed by atoms with Crippen LogP contribution in [0, 0.1) is 6.92 Å². The molecule has 0 atom stereocenters. The second kappa shape index (κ2) is 2.60. The molecule has 0 aromatic carbocycles. The van der Waals surface area contributed by atoms with Crippen molar-refractivity contribution in [1.29, 1.82) is 0 Å². The molecule has 0 N–H and O–H groups in total. The second-order valence-corrected chi connectivity index (χ2v) is 2.25. The Morgan fingerprint density at radius 2 is 2.30 bits per heavy atom. The van der Waals surface area contributed by atoms with Crippen molar-refractivity contribution in [1.82, 2.24) is 4.98 Å². The molecule has 1 aromatic rings. The van der Waals surface area contributed by atoms with Gasteiger partial charge in [-0.1, -0.05) is 0 Å². The number of rotatable bonds is 1. The molecule has 0 saturated heterocycles. The third-order valence-corrected chi connectivity index (χ3v) is 1.42.